The zero-order valence-electron chi connectivity index (χ0n) is 21.0. The lowest BCUT2D eigenvalue weighted by atomic mass is 10.1. The molecule has 1 fully saturated rings. The molecule has 2 heterocycles. The van der Waals surface area contributed by atoms with E-state index in [2.05, 4.69) is 18.7 Å². The molecular formula is C26H33ClN4O3S2. The molecule has 0 saturated carbocycles. The topological polar surface area (TPSA) is 73.8 Å². The molecule has 1 unspecified atom stereocenters. The van der Waals surface area contributed by atoms with Crippen LogP contribution in [0.5, 0.6) is 0 Å². The maximum atomic E-state index is 13.7. The second-order valence-corrected chi connectivity index (χ2v) is 12.4. The Kier molecular flexibility index (Phi) is 8.67. The number of carbonyl (C=O) groups is 1. The van der Waals surface area contributed by atoms with E-state index in [1.54, 1.807) is 39.5 Å². The minimum absolute atomic E-state index is 0.0202. The van der Waals surface area contributed by atoms with Crippen LogP contribution in [0.25, 0.3) is 10.2 Å². The standard InChI is InChI=1S/C26H33ClN4O3S2/c1-4-29(5-2)16-17-30(26-28-23-14-11-21(27)18-24(23)35-26)25(32)20-9-12-22(13-10-20)36(33,34)31-15-7-6-8-19(31)3/h9-14,18-19H,4-8,15-17H2,1-3H3. The van der Waals surface area contributed by atoms with Crippen molar-refractivity contribution in [3.8, 4) is 0 Å². The van der Waals surface area contributed by atoms with E-state index in [9.17, 15) is 13.2 Å². The number of hydrogen-bond acceptors (Lipinski definition) is 6. The molecule has 1 aromatic heterocycles. The van der Waals surface area contributed by atoms with Crippen molar-refractivity contribution in [3.05, 3.63) is 53.1 Å². The lowest BCUT2D eigenvalue weighted by Gasteiger charge is -2.32. The van der Waals surface area contributed by atoms with Gasteiger partial charge in [0.1, 0.15) is 0 Å². The van der Waals surface area contributed by atoms with E-state index in [0.29, 0.717) is 35.4 Å². The molecule has 1 saturated heterocycles. The molecule has 1 aliphatic rings. The van der Waals surface area contributed by atoms with Crippen molar-refractivity contribution in [2.75, 3.05) is 37.6 Å². The summed E-state index contributed by atoms with van der Waals surface area (Å²) < 4.78 is 28.9. The molecule has 3 aromatic rings. The number of aromatic nitrogens is 1. The molecular weight excluding hydrogens is 516 g/mol. The Morgan fingerprint density at radius 3 is 2.50 bits per heavy atom. The van der Waals surface area contributed by atoms with Crippen molar-refractivity contribution in [2.45, 2.75) is 51.0 Å². The highest BCUT2D eigenvalue weighted by Crippen LogP contribution is 2.32. The molecule has 2 aromatic carbocycles. The molecule has 7 nitrogen and oxygen atoms in total. The number of likely N-dealkylation sites (N-methyl/N-ethyl adjacent to an activating group) is 1. The van der Waals surface area contributed by atoms with Crippen LogP contribution >= 0.6 is 22.9 Å². The minimum atomic E-state index is -3.60. The van der Waals surface area contributed by atoms with Gasteiger partial charge in [-0.2, -0.15) is 4.31 Å². The highest BCUT2D eigenvalue weighted by atomic mass is 35.5. The van der Waals surface area contributed by atoms with E-state index in [4.69, 9.17) is 16.6 Å². The largest absolute Gasteiger partial charge is 0.302 e. The van der Waals surface area contributed by atoms with Gasteiger partial charge in [0.15, 0.2) is 5.13 Å². The van der Waals surface area contributed by atoms with Gasteiger partial charge < -0.3 is 4.90 Å². The highest BCUT2D eigenvalue weighted by Gasteiger charge is 2.31. The van der Waals surface area contributed by atoms with Crippen molar-refractivity contribution in [2.24, 2.45) is 0 Å². The second-order valence-electron chi connectivity index (χ2n) is 9.08. The average Bonchev–Trinajstić information content (AvgIpc) is 3.29. The van der Waals surface area contributed by atoms with Gasteiger partial charge in [0.25, 0.3) is 5.91 Å². The first-order chi connectivity index (χ1) is 17.2. The summed E-state index contributed by atoms with van der Waals surface area (Å²) in [6.07, 6.45) is 2.78. The van der Waals surface area contributed by atoms with Gasteiger partial charge in [0.2, 0.25) is 10.0 Å². The van der Waals surface area contributed by atoms with Crippen LogP contribution in [0.1, 0.15) is 50.4 Å². The lowest BCUT2D eigenvalue weighted by Crippen LogP contribution is -2.42. The van der Waals surface area contributed by atoms with Crippen LogP contribution in [0.2, 0.25) is 5.02 Å². The van der Waals surface area contributed by atoms with E-state index in [0.717, 1.165) is 42.6 Å². The number of hydrogen-bond donors (Lipinski definition) is 0. The van der Waals surface area contributed by atoms with Crippen LogP contribution in [0.4, 0.5) is 5.13 Å². The number of halogens is 1. The number of nitrogens with zero attached hydrogens (tertiary/aromatic N) is 4. The summed E-state index contributed by atoms with van der Waals surface area (Å²) in [5.74, 6) is -0.206. The number of anilines is 1. The number of benzene rings is 2. The molecule has 1 amide bonds. The van der Waals surface area contributed by atoms with Crippen LogP contribution in [0, 0.1) is 0 Å². The van der Waals surface area contributed by atoms with Crippen LogP contribution in [-0.2, 0) is 10.0 Å². The molecule has 10 heteroatoms. The molecule has 194 valence electrons. The van der Waals surface area contributed by atoms with Gasteiger partial charge >= 0.3 is 0 Å². The lowest BCUT2D eigenvalue weighted by molar-refractivity contribution is 0.0983. The Labute approximate surface area is 222 Å². The van der Waals surface area contributed by atoms with E-state index in [1.807, 2.05) is 19.1 Å². The molecule has 0 bridgehead atoms. The second kappa shape index (κ2) is 11.6. The number of piperidine rings is 1. The van der Waals surface area contributed by atoms with Crippen molar-refractivity contribution in [3.63, 3.8) is 0 Å². The molecule has 36 heavy (non-hydrogen) atoms. The van der Waals surface area contributed by atoms with Crippen LogP contribution in [0.3, 0.4) is 0 Å². The third kappa shape index (κ3) is 5.75. The van der Waals surface area contributed by atoms with Gasteiger partial charge in [-0.25, -0.2) is 13.4 Å². The number of fused-ring (bicyclic) bond motifs is 1. The summed E-state index contributed by atoms with van der Waals surface area (Å²) in [6.45, 7) is 9.62. The van der Waals surface area contributed by atoms with Crippen molar-refractivity contribution < 1.29 is 13.2 Å². The number of amides is 1. The maximum absolute atomic E-state index is 13.7. The predicted octanol–water partition coefficient (Wildman–Crippen LogP) is 5.50. The summed E-state index contributed by atoms with van der Waals surface area (Å²) in [5, 5.41) is 1.22. The maximum Gasteiger partial charge on any atom is 0.260 e. The van der Waals surface area contributed by atoms with Crippen LogP contribution < -0.4 is 4.90 Å². The van der Waals surface area contributed by atoms with E-state index < -0.39 is 10.0 Å². The normalized spacial score (nSPS) is 17.1. The van der Waals surface area contributed by atoms with E-state index in [1.165, 1.54) is 11.3 Å². The molecule has 0 radical (unpaired) electrons. The van der Waals surface area contributed by atoms with E-state index in [-0.39, 0.29) is 16.8 Å². The zero-order chi connectivity index (χ0) is 25.9. The van der Waals surface area contributed by atoms with Crippen molar-refractivity contribution >= 4 is 54.2 Å². The molecule has 1 atom stereocenters. The molecule has 0 aliphatic carbocycles. The average molecular weight is 549 g/mol. The monoisotopic (exact) mass is 548 g/mol. The predicted molar refractivity (Wildman–Crippen MR) is 148 cm³/mol. The summed E-state index contributed by atoms with van der Waals surface area (Å²) in [6, 6.07) is 11.8. The van der Waals surface area contributed by atoms with Gasteiger partial charge in [0.05, 0.1) is 15.1 Å². The third-order valence-electron chi connectivity index (χ3n) is 6.80. The van der Waals surface area contributed by atoms with Crippen LogP contribution in [0.15, 0.2) is 47.4 Å². The minimum Gasteiger partial charge on any atom is -0.302 e. The number of sulfonamides is 1. The van der Waals surface area contributed by atoms with Gasteiger partial charge in [-0.15, -0.1) is 0 Å². The third-order valence-corrected chi connectivity index (χ3v) is 10.1. The first-order valence-electron chi connectivity index (χ1n) is 12.5. The molecule has 4 rings (SSSR count). The van der Waals surface area contributed by atoms with E-state index >= 15 is 0 Å². The van der Waals surface area contributed by atoms with Gasteiger partial charge in [-0.1, -0.05) is 43.2 Å². The first-order valence-corrected chi connectivity index (χ1v) is 15.1. The number of thiazole rings is 1. The Bertz CT molecular complexity index is 1310. The van der Waals surface area contributed by atoms with Gasteiger partial charge in [-0.05, 0) is 75.3 Å². The summed E-state index contributed by atoms with van der Waals surface area (Å²) in [7, 11) is -3.60. The Hall–Kier alpha value is -2.04. The highest BCUT2D eigenvalue weighted by molar-refractivity contribution is 7.89. The SMILES string of the molecule is CCN(CC)CCN(C(=O)c1ccc(S(=O)(=O)N2CCCCC2C)cc1)c1nc2ccc(Cl)cc2s1. The molecule has 1 aliphatic heterocycles. The van der Waals surface area contributed by atoms with Crippen LogP contribution in [-0.4, -0.2) is 67.3 Å². The number of carbonyl (C=O) groups excluding carboxylic acids is 1. The quantitative estimate of drug-likeness (QED) is 0.353. The van der Waals surface area contributed by atoms with Gasteiger partial charge in [0, 0.05) is 36.3 Å². The summed E-state index contributed by atoms with van der Waals surface area (Å²) in [4.78, 5) is 22.5. The Morgan fingerprint density at radius 1 is 1.11 bits per heavy atom. The van der Waals surface area contributed by atoms with Crippen molar-refractivity contribution in [1.29, 1.82) is 0 Å². The fourth-order valence-electron chi connectivity index (χ4n) is 4.56. The smallest absolute Gasteiger partial charge is 0.260 e. The fourth-order valence-corrected chi connectivity index (χ4v) is 7.52. The summed E-state index contributed by atoms with van der Waals surface area (Å²) >= 11 is 7.59. The Balaban J connectivity index is 1.62. The molecule has 0 N–H and O–H groups in total. The first kappa shape index (κ1) is 27.0. The zero-order valence-corrected chi connectivity index (χ0v) is 23.4. The molecule has 0 spiro atoms. The fraction of sp³-hybridized carbons (Fsp3) is 0.462. The summed E-state index contributed by atoms with van der Waals surface area (Å²) in [5.41, 5.74) is 1.22. The Morgan fingerprint density at radius 2 is 1.83 bits per heavy atom. The van der Waals surface area contributed by atoms with Gasteiger partial charge in [-0.3, -0.25) is 9.69 Å². The number of rotatable bonds is 9. The van der Waals surface area contributed by atoms with Crippen molar-refractivity contribution in [1.82, 2.24) is 14.2 Å².